The molecule has 0 spiro atoms. The molecule has 0 saturated carbocycles. The van der Waals surface area contributed by atoms with Crippen LogP contribution in [0.1, 0.15) is 18.1 Å². The molecule has 20 heavy (non-hydrogen) atoms. The van der Waals surface area contributed by atoms with Crippen molar-refractivity contribution < 1.29 is 9.05 Å². The molecule has 0 aliphatic rings. The number of benzene rings is 2. The molecule has 0 fully saturated rings. The minimum Gasteiger partial charge on any atom is -0.476 e. The highest BCUT2D eigenvalue weighted by Gasteiger charge is 2.06. The largest absolute Gasteiger partial charge is 0.476 e. The number of aryl methyl sites for hydroxylation is 2. The van der Waals surface area contributed by atoms with E-state index >= 15 is 0 Å². The van der Waals surface area contributed by atoms with E-state index in [2.05, 4.69) is 45.0 Å². The Kier molecular flexibility index (Phi) is 5.83. The Bertz CT molecular complexity index is 508. The molecule has 106 valence electrons. The molecule has 0 bridgehead atoms. The fourth-order valence-corrected chi connectivity index (χ4v) is 3.12. The van der Waals surface area contributed by atoms with Crippen LogP contribution in [0.3, 0.4) is 0 Å². The van der Waals surface area contributed by atoms with E-state index in [4.69, 9.17) is 9.05 Å². The van der Waals surface area contributed by atoms with Crippen molar-refractivity contribution in [1.82, 2.24) is 0 Å². The first-order valence-electron chi connectivity index (χ1n) is 6.61. The lowest BCUT2D eigenvalue weighted by atomic mass is 10.2. The van der Waals surface area contributed by atoms with Gasteiger partial charge in [-0.2, -0.15) is 0 Å². The molecule has 2 nitrogen and oxygen atoms in total. The van der Waals surface area contributed by atoms with Crippen LogP contribution >= 0.6 is 17.6 Å². The number of rotatable bonds is 6. The first-order valence-corrected chi connectivity index (χ1v) is 8.59. The molecule has 2 aromatic carbocycles. The Morgan fingerprint density at radius 1 is 0.800 bits per heavy atom. The van der Waals surface area contributed by atoms with E-state index in [9.17, 15) is 0 Å². The molecule has 2 aromatic rings. The van der Waals surface area contributed by atoms with Crippen LogP contribution in [0.25, 0.3) is 0 Å². The molecule has 2 atom stereocenters. The summed E-state index contributed by atoms with van der Waals surface area (Å²) >= 11 is 0. The van der Waals surface area contributed by atoms with Crippen molar-refractivity contribution in [2.75, 3.05) is 0 Å². The van der Waals surface area contributed by atoms with Crippen LogP contribution in [-0.2, 0) is 0 Å². The molecule has 0 aliphatic heterocycles. The summed E-state index contributed by atoms with van der Waals surface area (Å²) in [5, 5.41) is 0.399. The predicted molar refractivity (Wildman–Crippen MR) is 89.7 cm³/mol. The van der Waals surface area contributed by atoms with E-state index in [-0.39, 0.29) is 0 Å². The van der Waals surface area contributed by atoms with Crippen LogP contribution in [0.5, 0.6) is 11.5 Å². The molecule has 2 unspecified atom stereocenters. The van der Waals surface area contributed by atoms with Gasteiger partial charge < -0.3 is 9.05 Å². The fraction of sp³-hybridized carbons (Fsp3) is 0.250. The zero-order valence-electron chi connectivity index (χ0n) is 12.0. The average Bonchev–Trinajstić information content (AvgIpc) is 2.43. The molecule has 0 radical (unpaired) electrons. The van der Waals surface area contributed by atoms with Gasteiger partial charge in [0.05, 0.1) is 23.0 Å². The van der Waals surface area contributed by atoms with Gasteiger partial charge in [0.2, 0.25) is 0 Å². The third-order valence-corrected chi connectivity index (χ3v) is 4.81. The normalized spacial score (nSPS) is 13.2. The molecule has 0 heterocycles. The van der Waals surface area contributed by atoms with Gasteiger partial charge >= 0.3 is 0 Å². The van der Waals surface area contributed by atoms with E-state index in [1.165, 1.54) is 11.1 Å². The fourth-order valence-electron chi connectivity index (χ4n) is 1.69. The Balaban J connectivity index is 1.77. The van der Waals surface area contributed by atoms with Gasteiger partial charge in [0.25, 0.3) is 0 Å². The van der Waals surface area contributed by atoms with E-state index in [1.807, 2.05) is 24.3 Å². The molecular formula is C16H20O2P2. The van der Waals surface area contributed by atoms with Gasteiger partial charge in [0, 0.05) is 0 Å². The Morgan fingerprint density at radius 2 is 1.25 bits per heavy atom. The highest BCUT2D eigenvalue weighted by molar-refractivity contribution is 7.52. The third-order valence-electron chi connectivity index (χ3n) is 2.69. The summed E-state index contributed by atoms with van der Waals surface area (Å²) in [4.78, 5) is 0. The zero-order valence-corrected chi connectivity index (χ0v) is 14.0. The predicted octanol–water partition coefficient (Wildman–Crippen LogP) is 5.29. The van der Waals surface area contributed by atoms with Crippen molar-refractivity contribution in [2.45, 2.75) is 26.2 Å². The van der Waals surface area contributed by atoms with Crippen molar-refractivity contribution in [3.8, 4) is 11.5 Å². The lowest BCUT2D eigenvalue weighted by Crippen LogP contribution is -1.92. The quantitative estimate of drug-likeness (QED) is 0.675. The van der Waals surface area contributed by atoms with Crippen molar-refractivity contribution in [1.29, 1.82) is 0 Å². The summed E-state index contributed by atoms with van der Waals surface area (Å²) in [6.45, 7) is 6.30. The molecule has 4 heteroatoms. The maximum atomic E-state index is 5.82. The second kappa shape index (κ2) is 7.62. The first-order chi connectivity index (χ1) is 9.63. The van der Waals surface area contributed by atoms with E-state index in [0.29, 0.717) is 23.0 Å². The summed E-state index contributed by atoms with van der Waals surface area (Å²) in [6, 6.07) is 16.3. The topological polar surface area (TPSA) is 18.5 Å². The highest BCUT2D eigenvalue weighted by atomic mass is 31.1. The summed E-state index contributed by atoms with van der Waals surface area (Å²) in [7, 11) is 0.832. The third kappa shape index (κ3) is 5.12. The molecule has 0 saturated heterocycles. The zero-order chi connectivity index (χ0) is 14.4. The van der Waals surface area contributed by atoms with Crippen LogP contribution in [0, 0.1) is 13.8 Å². The molecule has 2 rings (SSSR count). The van der Waals surface area contributed by atoms with Gasteiger partial charge in [-0.3, -0.25) is 0 Å². The van der Waals surface area contributed by atoms with E-state index < -0.39 is 0 Å². The first kappa shape index (κ1) is 15.3. The van der Waals surface area contributed by atoms with Crippen molar-refractivity contribution in [2.24, 2.45) is 0 Å². The lowest BCUT2D eigenvalue weighted by Gasteiger charge is -2.14. The van der Waals surface area contributed by atoms with Crippen LogP contribution in [0.4, 0.5) is 0 Å². The van der Waals surface area contributed by atoms with E-state index in [0.717, 1.165) is 11.5 Å². The maximum Gasteiger partial charge on any atom is 0.123 e. The SMILES string of the molecule is Cc1cccc(OPC(C)POc2cccc(C)c2)c1. The molecule has 0 N–H and O–H groups in total. The molecule has 0 aliphatic carbocycles. The Hall–Kier alpha value is -1.10. The van der Waals surface area contributed by atoms with E-state index in [1.54, 1.807) is 0 Å². The second-order valence-electron chi connectivity index (χ2n) is 4.79. The highest BCUT2D eigenvalue weighted by Crippen LogP contribution is 2.37. The summed E-state index contributed by atoms with van der Waals surface area (Å²) < 4.78 is 11.6. The van der Waals surface area contributed by atoms with Crippen molar-refractivity contribution >= 4 is 17.6 Å². The van der Waals surface area contributed by atoms with Crippen LogP contribution in [0.2, 0.25) is 0 Å². The van der Waals surface area contributed by atoms with Crippen LogP contribution in [0.15, 0.2) is 48.5 Å². The lowest BCUT2D eigenvalue weighted by molar-refractivity contribution is 0.613. The minimum absolute atomic E-state index is 0.399. The average molecular weight is 306 g/mol. The van der Waals surface area contributed by atoms with Gasteiger partial charge in [-0.15, -0.1) is 0 Å². The van der Waals surface area contributed by atoms with Crippen LogP contribution in [-0.4, -0.2) is 5.40 Å². The summed E-state index contributed by atoms with van der Waals surface area (Å²) in [5.74, 6) is 1.88. The van der Waals surface area contributed by atoms with Gasteiger partial charge in [0.1, 0.15) is 11.5 Å². The Morgan fingerprint density at radius 3 is 1.65 bits per heavy atom. The molecular weight excluding hydrogens is 286 g/mol. The van der Waals surface area contributed by atoms with Crippen molar-refractivity contribution in [3.63, 3.8) is 0 Å². The molecule has 0 aromatic heterocycles. The van der Waals surface area contributed by atoms with Crippen molar-refractivity contribution in [3.05, 3.63) is 59.7 Å². The minimum atomic E-state index is 0.399. The van der Waals surface area contributed by atoms with Crippen LogP contribution < -0.4 is 9.05 Å². The second-order valence-corrected chi connectivity index (χ2v) is 7.98. The van der Waals surface area contributed by atoms with Gasteiger partial charge in [-0.25, -0.2) is 0 Å². The maximum absolute atomic E-state index is 5.82. The monoisotopic (exact) mass is 306 g/mol. The summed E-state index contributed by atoms with van der Waals surface area (Å²) in [5.41, 5.74) is 2.44. The van der Waals surface area contributed by atoms with Gasteiger partial charge in [-0.1, -0.05) is 24.3 Å². The van der Waals surface area contributed by atoms with Gasteiger partial charge in [-0.05, 0) is 56.2 Å². The standard InChI is InChI=1S/C16H20O2P2/c1-12-6-4-8-15(10-12)17-19-14(3)20-18-16-9-5-7-13(2)11-16/h4-11,14,19-20H,1-3H3. The van der Waals surface area contributed by atoms with Gasteiger partial charge in [0.15, 0.2) is 0 Å². The number of hydrogen-bond donors (Lipinski definition) is 0. The smallest absolute Gasteiger partial charge is 0.123 e. The Labute approximate surface area is 124 Å². The summed E-state index contributed by atoms with van der Waals surface area (Å²) in [6.07, 6.45) is 0. The molecule has 0 amide bonds. The number of hydrogen-bond acceptors (Lipinski definition) is 2.